The number of nitro benzene ring substituents is 1. The molecule has 3 rings (SSSR count). The fourth-order valence-corrected chi connectivity index (χ4v) is 3.29. The van der Waals surface area contributed by atoms with E-state index in [2.05, 4.69) is 22.3 Å². The Morgan fingerprint density at radius 2 is 2.00 bits per heavy atom. The van der Waals surface area contributed by atoms with Gasteiger partial charge in [0.1, 0.15) is 5.56 Å². The van der Waals surface area contributed by atoms with Gasteiger partial charge in [-0.3, -0.25) is 14.9 Å². The molecule has 1 aliphatic heterocycles. The summed E-state index contributed by atoms with van der Waals surface area (Å²) < 4.78 is 0. The van der Waals surface area contributed by atoms with Crippen LogP contribution in [0.3, 0.4) is 0 Å². The van der Waals surface area contributed by atoms with Crippen LogP contribution < -0.4 is 10.2 Å². The van der Waals surface area contributed by atoms with Crippen molar-refractivity contribution in [1.82, 2.24) is 5.32 Å². The number of rotatable bonds is 5. The number of carbonyl (C=O) groups is 1. The third-order valence-electron chi connectivity index (χ3n) is 4.62. The first-order valence-corrected chi connectivity index (χ1v) is 8.38. The largest absolute Gasteiger partial charge is 0.371 e. The molecular weight excluding hydrogens is 318 g/mol. The van der Waals surface area contributed by atoms with E-state index in [0.29, 0.717) is 18.0 Å². The first-order chi connectivity index (χ1) is 12.1. The Morgan fingerprint density at radius 3 is 2.72 bits per heavy atom. The number of hydrogen-bond acceptors (Lipinski definition) is 4. The highest BCUT2D eigenvalue weighted by Gasteiger charge is 2.25. The van der Waals surface area contributed by atoms with Crippen molar-refractivity contribution >= 4 is 17.3 Å². The highest BCUT2D eigenvalue weighted by molar-refractivity contribution is 5.98. The average Bonchev–Trinajstić information content (AvgIpc) is 3.09. The van der Waals surface area contributed by atoms with Crippen molar-refractivity contribution in [3.8, 4) is 0 Å². The standard InChI is InChI=1S/C19H21N3O3/c1-14-6-5-9-17(18(14)22(24)25)19(23)20-12-15-10-11-21(13-15)16-7-3-2-4-8-16/h2-9,15H,10-13H2,1H3,(H,20,23). The molecule has 0 aromatic heterocycles. The van der Waals surface area contributed by atoms with Gasteiger partial charge in [-0.1, -0.05) is 30.3 Å². The van der Waals surface area contributed by atoms with Crippen LogP contribution in [0, 0.1) is 23.0 Å². The molecule has 25 heavy (non-hydrogen) atoms. The van der Waals surface area contributed by atoms with Crippen LogP contribution in [0.25, 0.3) is 0 Å². The van der Waals surface area contributed by atoms with E-state index < -0.39 is 4.92 Å². The van der Waals surface area contributed by atoms with Gasteiger partial charge in [0, 0.05) is 30.9 Å². The lowest BCUT2D eigenvalue weighted by molar-refractivity contribution is -0.385. The molecule has 2 aromatic carbocycles. The lowest BCUT2D eigenvalue weighted by atomic mass is 10.1. The number of carbonyl (C=O) groups excluding carboxylic acids is 1. The third kappa shape index (κ3) is 3.79. The molecule has 0 saturated carbocycles. The van der Waals surface area contributed by atoms with Gasteiger partial charge in [-0.05, 0) is 37.5 Å². The minimum atomic E-state index is -0.489. The lowest BCUT2D eigenvalue weighted by Gasteiger charge is -2.18. The molecule has 1 N–H and O–H groups in total. The van der Waals surface area contributed by atoms with Crippen LogP contribution in [0.5, 0.6) is 0 Å². The summed E-state index contributed by atoms with van der Waals surface area (Å²) in [6.07, 6.45) is 0.991. The predicted octanol–water partition coefficient (Wildman–Crippen LogP) is 3.16. The number of aryl methyl sites for hydroxylation is 1. The fraction of sp³-hybridized carbons (Fsp3) is 0.316. The molecule has 0 aliphatic carbocycles. The number of benzene rings is 2. The van der Waals surface area contributed by atoms with Crippen LogP contribution in [-0.4, -0.2) is 30.5 Å². The number of nitrogens with zero attached hydrogens (tertiary/aromatic N) is 2. The molecule has 130 valence electrons. The number of para-hydroxylation sites is 2. The molecule has 6 nitrogen and oxygen atoms in total. The Kier molecular flexibility index (Phi) is 4.97. The summed E-state index contributed by atoms with van der Waals surface area (Å²) in [6.45, 7) is 3.99. The Morgan fingerprint density at radius 1 is 1.24 bits per heavy atom. The molecule has 1 fully saturated rings. The summed E-state index contributed by atoms with van der Waals surface area (Å²) in [4.78, 5) is 25.4. The second-order valence-electron chi connectivity index (χ2n) is 6.37. The number of anilines is 1. The molecule has 0 spiro atoms. The molecule has 1 aliphatic rings. The zero-order chi connectivity index (χ0) is 17.8. The first-order valence-electron chi connectivity index (χ1n) is 8.38. The summed E-state index contributed by atoms with van der Waals surface area (Å²) in [6, 6.07) is 15.0. The summed E-state index contributed by atoms with van der Waals surface area (Å²) in [5.41, 5.74) is 1.69. The van der Waals surface area contributed by atoms with Gasteiger partial charge in [-0.2, -0.15) is 0 Å². The monoisotopic (exact) mass is 339 g/mol. The quantitative estimate of drug-likeness (QED) is 0.671. The van der Waals surface area contributed by atoms with E-state index in [0.717, 1.165) is 19.5 Å². The van der Waals surface area contributed by atoms with Gasteiger partial charge < -0.3 is 10.2 Å². The Balaban J connectivity index is 1.61. The normalized spacial score (nSPS) is 16.7. The van der Waals surface area contributed by atoms with Crippen molar-refractivity contribution in [2.75, 3.05) is 24.5 Å². The van der Waals surface area contributed by atoms with Crippen molar-refractivity contribution in [3.05, 3.63) is 69.8 Å². The molecular formula is C19H21N3O3. The molecule has 6 heteroatoms. The first kappa shape index (κ1) is 17.0. The van der Waals surface area contributed by atoms with Gasteiger partial charge in [-0.15, -0.1) is 0 Å². The molecule has 1 atom stereocenters. The smallest absolute Gasteiger partial charge is 0.285 e. The van der Waals surface area contributed by atoms with E-state index in [1.807, 2.05) is 18.2 Å². The van der Waals surface area contributed by atoms with Gasteiger partial charge in [-0.25, -0.2) is 0 Å². The van der Waals surface area contributed by atoms with E-state index in [1.165, 1.54) is 11.8 Å². The third-order valence-corrected chi connectivity index (χ3v) is 4.62. The Bertz CT molecular complexity index is 777. The van der Waals surface area contributed by atoms with Crippen molar-refractivity contribution in [1.29, 1.82) is 0 Å². The highest BCUT2D eigenvalue weighted by atomic mass is 16.6. The van der Waals surface area contributed by atoms with Crippen LogP contribution >= 0.6 is 0 Å². The highest BCUT2D eigenvalue weighted by Crippen LogP contribution is 2.25. The molecule has 1 unspecified atom stereocenters. The average molecular weight is 339 g/mol. The van der Waals surface area contributed by atoms with Gasteiger partial charge >= 0.3 is 0 Å². The number of nitrogens with one attached hydrogen (secondary N) is 1. The lowest BCUT2D eigenvalue weighted by Crippen LogP contribution is -2.31. The minimum Gasteiger partial charge on any atom is -0.371 e. The van der Waals surface area contributed by atoms with Crippen LogP contribution in [-0.2, 0) is 0 Å². The molecule has 1 heterocycles. The second kappa shape index (κ2) is 7.34. The van der Waals surface area contributed by atoms with Gasteiger partial charge in [0.2, 0.25) is 0 Å². The van der Waals surface area contributed by atoms with Gasteiger partial charge in [0.15, 0.2) is 0 Å². The van der Waals surface area contributed by atoms with Gasteiger partial charge in [0.25, 0.3) is 11.6 Å². The summed E-state index contributed by atoms with van der Waals surface area (Å²) in [5, 5.41) is 14.1. The van der Waals surface area contributed by atoms with Crippen molar-refractivity contribution in [2.45, 2.75) is 13.3 Å². The van der Waals surface area contributed by atoms with E-state index in [4.69, 9.17) is 0 Å². The molecule has 0 bridgehead atoms. The Hall–Kier alpha value is -2.89. The summed E-state index contributed by atoms with van der Waals surface area (Å²) >= 11 is 0. The Labute approximate surface area is 146 Å². The maximum absolute atomic E-state index is 12.4. The van der Waals surface area contributed by atoms with Crippen LogP contribution in [0.15, 0.2) is 48.5 Å². The maximum Gasteiger partial charge on any atom is 0.285 e. The molecule has 2 aromatic rings. The van der Waals surface area contributed by atoms with Crippen LogP contribution in [0.2, 0.25) is 0 Å². The number of nitro groups is 1. The SMILES string of the molecule is Cc1cccc(C(=O)NCC2CCN(c3ccccc3)C2)c1[N+](=O)[O-]. The maximum atomic E-state index is 12.4. The molecule has 1 saturated heterocycles. The van der Waals surface area contributed by atoms with Crippen molar-refractivity contribution in [2.24, 2.45) is 5.92 Å². The zero-order valence-corrected chi connectivity index (χ0v) is 14.1. The molecule has 1 amide bonds. The van der Waals surface area contributed by atoms with Crippen molar-refractivity contribution < 1.29 is 9.72 Å². The fourth-order valence-electron chi connectivity index (χ4n) is 3.29. The predicted molar refractivity (Wildman–Crippen MR) is 96.9 cm³/mol. The van der Waals surface area contributed by atoms with Crippen molar-refractivity contribution in [3.63, 3.8) is 0 Å². The number of hydrogen-bond donors (Lipinski definition) is 1. The summed E-state index contributed by atoms with van der Waals surface area (Å²) in [7, 11) is 0. The van der Waals surface area contributed by atoms with E-state index in [-0.39, 0.29) is 17.2 Å². The minimum absolute atomic E-state index is 0.114. The van der Waals surface area contributed by atoms with E-state index in [1.54, 1.807) is 19.1 Å². The van der Waals surface area contributed by atoms with Crippen LogP contribution in [0.4, 0.5) is 11.4 Å². The van der Waals surface area contributed by atoms with E-state index in [9.17, 15) is 14.9 Å². The molecule has 0 radical (unpaired) electrons. The van der Waals surface area contributed by atoms with Gasteiger partial charge in [0.05, 0.1) is 4.92 Å². The topological polar surface area (TPSA) is 75.5 Å². The summed E-state index contributed by atoms with van der Waals surface area (Å²) in [5.74, 6) is -0.0402. The van der Waals surface area contributed by atoms with Crippen LogP contribution in [0.1, 0.15) is 22.3 Å². The number of amides is 1. The zero-order valence-electron chi connectivity index (χ0n) is 14.1. The second-order valence-corrected chi connectivity index (χ2v) is 6.37. The van der Waals surface area contributed by atoms with E-state index >= 15 is 0 Å².